The van der Waals surface area contributed by atoms with Gasteiger partial charge in [-0.2, -0.15) is 10.1 Å². The van der Waals surface area contributed by atoms with Gasteiger partial charge in [0.25, 0.3) is 5.91 Å². The first kappa shape index (κ1) is 22.3. The van der Waals surface area contributed by atoms with E-state index in [0.29, 0.717) is 12.4 Å². The number of rotatable bonds is 8. The highest BCUT2D eigenvalue weighted by atomic mass is 16.5. The predicted molar refractivity (Wildman–Crippen MR) is 128 cm³/mol. The maximum atomic E-state index is 12.3. The van der Waals surface area contributed by atoms with Crippen LogP contribution in [0.3, 0.4) is 0 Å². The number of hydrogen-bond acceptors (Lipinski definition) is 5. The van der Waals surface area contributed by atoms with E-state index in [0.717, 1.165) is 45.7 Å². The topological polar surface area (TPSA) is 78.3 Å². The minimum absolute atomic E-state index is 0.116. The van der Waals surface area contributed by atoms with Gasteiger partial charge in [-0.25, -0.2) is 4.68 Å². The molecule has 2 heterocycles. The largest absolute Gasteiger partial charge is 0.497 e. The zero-order valence-electron chi connectivity index (χ0n) is 19.4. The summed E-state index contributed by atoms with van der Waals surface area (Å²) in [5.74, 6) is 0.975. The number of amides is 1. The van der Waals surface area contributed by atoms with E-state index in [9.17, 15) is 4.79 Å². The Balaban J connectivity index is 1.50. The summed E-state index contributed by atoms with van der Waals surface area (Å²) >= 11 is 0. The maximum Gasteiger partial charge on any atom is 0.258 e. The zero-order chi connectivity index (χ0) is 23.4. The molecule has 0 saturated heterocycles. The minimum Gasteiger partial charge on any atom is -0.497 e. The summed E-state index contributed by atoms with van der Waals surface area (Å²) in [5.41, 5.74) is 5.82. The molecule has 170 valence electrons. The van der Waals surface area contributed by atoms with Crippen molar-refractivity contribution in [2.45, 2.75) is 33.7 Å². The Bertz CT molecular complexity index is 1260. The molecule has 0 fully saturated rings. The molecule has 0 radical (unpaired) electrons. The van der Waals surface area contributed by atoms with Crippen LogP contribution in [0.2, 0.25) is 0 Å². The van der Waals surface area contributed by atoms with E-state index in [4.69, 9.17) is 19.6 Å². The van der Waals surface area contributed by atoms with Crippen LogP contribution in [-0.4, -0.2) is 34.4 Å². The quantitative estimate of drug-likeness (QED) is 0.438. The number of aromatic nitrogens is 3. The number of benzene rings is 2. The van der Waals surface area contributed by atoms with Crippen molar-refractivity contribution in [1.82, 2.24) is 20.1 Å². The Hall–Kier alpha value is -3.87. The van der Waals surface area contributed by atoms with Gasteiger partial charge < -0.3 is 14.8 Å². The molecule has 1 N–H and O–H groups in total. The summed E-state index contributed by atoms with van der Waals surface area (Å²) in [7, 11) is 1.62. The molecule has 1 amide bonds. The smallest absolute Gasteiger partial charge is 0.258 e. The molecule has 0 saturated carbocycles. The highest BCUT2D eigenvalue weighted by Crippen LogP contribution is 2.27. The molecule has 0 aliphatic heterocycles. The van der Waals surface area contributed by atoms with Crippen molar-refractivity contribution in [3.8, 4) is 17.3 Å². The van der Waals surface area contributed by atoms with Crippen LogP contribution in [0, 0.1) is 13.8 Å². The lowest BCUT2D eigenvalue weighted by atomic mass is 10.1. The van der Waals surface area contributed by atoms with Gasteiger partial charge in [0.15, 0.2) is 12.3 Å². The van der Waals surface area contributed by atoms with Gasteiger partial charge in [0.05, 0.1) is 18.5 Å². The Morgan fingerprint density at radius 2 is 1.79 bits per heavy atom. The number of methoxy groups -OCH3 is 1. The number of carbonyl (C=O) groups excluding carboxylic acids is 1. The van der Waals surface area contributed by atoms with E-state index in [1.54, 1.807) is 7.11 Å². The van der Waals surface area contributed by atoms with Gasteiger partial charge in [0.2, 0.25) is 5.88 Å². The Kier molecular flexibility index (Phi) is 6.58. The van der Waals surface area contributed by atoms with E-state index >= 15 is 0 Å². The van der Waals surface area contributed by atoms with Gasteiger partial charge in [-0.05, 0) is 55.7 Å². The molecule has 4 aromatic rings. The molecular formula is C26H28N4O3. The summed E-state index contributed by atoms with van der Waals surface area (Å²) in [6.07, 6.45) is 0.805. The summed E-state index contributed by atoms with van der Waals surface area (Å²) in [5, 5.41) is 8.61. The van der Waals surface area contributed by atoms with Crippen molar-refractivity contribution < 1.29 is 14.3 Å². The summed E-state index contributed by atoms with van der Waals surface area (Å²) in [6.45, 7) is 6.42. The van der Waals surface area contributed by atoms with Crippen LogP contribution in [-0.2, 0) is 17.8 Å². The minimum atomic E-state index is -0.214. The Labute approximate surface area is 193 Å². The molecule has 7 nitrogen and oxygen atoms in total. The number of hydrogen-bond donors (Lipinski definition) is 1. The highest BCUT2D eigenvalue weighted by molar-refractivity contribution is 5.84. The van der Waals surface area contributed by atoms with Crippen LogP contribution in [0.5, 0.6) is 11.6 Å². The standard InChI is InChI=1S/C26H28N4O3/c1-5-20-14-24(33-16-23(31)27-15-19-8-12-22(32-4)13-9-19)28-26-25(20)18(3)29-30(26)21-10-6-17(2)7-11-21/h6-14H,5,15-16H2,1-4H3,(H,27,31). The van der Waals surface area contributed by atoms with E-state index in [1.165, 1.54) is 5.56 Å². The second-order valence-corrected chi connectivity index (χ2v) is 7.92. The average Bonchev–Trinajstić information content (AvgIpc) is 3.18. The van der Waals surface area contributed by atoms with Crippen LogP contribution >= 0.6 is 0 Å². The highest BCUT2D eigenvalue weighted by Gasteiger charge is 2.16. The number of pyridine rings is 1. The fourth-order valence-corrected chi connectivity index (χ4v) is 3.71. The molecule has 7 heteroatoms. The van der Waals surface area contributed by atoms with Crippen molar-refractivity contribution >= 4 is 16.9 Å². The first-order valence-corrected chi connectivity index (χ1v) is 11.0. The number of ether oxygens (including phenoxy) is 2. The van der Waals surface area contributed by atoms with Crippen LogP contribution in [0.1, 0.15) is 29.3 Å². The second kappa shape index (κ2) is 9.73. The third-order valence-electron chi connectivity index (χ3n) is 5.53. The van der Waals surface area contributed by atoms with Crippen molar-refractivity contribution in [2.75, 3.05) is 13.7 Å². The summed E-state index contributed by atoms with van der Waals surface area (Å²) < 4.78 is 12.8. The lowest BCUT2D eigenvalue weighted by Crippen LogP contribution is -2.28. The first-order valence-electron chi connectivity index (χ1n) is 11.0. The zero-order valence-corrected chi connectivity index (χ0v) is 19.4. The molecule has 0 aliphatic carbocycles. The van der Waals surface area contributed by atoms with Crippen molar-refractivity contribution in [2.24, 2.45) is 0 Å². The van der Waals surface area contributed by atoms with Crippen LogP contribution < -0.4 is 14.8 Å². The molecule has 33 heavy (non-hydrogen) atoms. The van der Waals surface area contributed by atoms with Crippen LogP contribution in [0.15, 0.2) is 54.6 Å². The van der Waals surface area contributed by atoms with Gasteiger partial charge in [0.1, 0.15) is 5.75 Å². The molecule has 0 unspecified atom stereocenters. The average molecular weight is 445 g/mol. The molecular weight excluding hydrogens is 416 g/mol. The van der Waals surface area contributed by atoms with Crippen LogP contribution in [0.4, 0.5) is 0 Å². The van der Waals surface area contributed by atoms with Crippen molar-refractivity contribution in [3.63, 3.8) is 0 Å². The molecule has 0 atom stereocenters. The summed E-state index contributed by atoms with van der Waals surface area (Å²) in [4.78, 5) is 17.0. The molecule has 0 aliphatic rings. The van der Waals surface area contributed by atoms with Gasteiger partial charge in [0, 0.05) is 18.0 Å². The molecule has 4 rings (SSSR count). The van der Waals surface area contributed by atoms with E-state index < -0.39 is 0 Å². The third-order valence-corrected chi connectivity index (χ3v) is 5.53. The molecule has 2 aromatic carbocycles. The number of nitrogens with one attached hydrogen (secondary N) is 1. The van der Waals surface area contributed by atoms with E-state index in [1.807, 2.05) is 66.2 Å². The van der Waals surface area contributed by atoms with Gasteiger partial charge in [-0.1, -0.05) is 36.8 Å². The number of nitrogens with zero attached hydrogens (tertiary/aromatic N) is 3. The lowest BCUT2D eigenvalue weighted by molar-refractivity contribution is -0.123. The number of carbonyl (C=O) groups is 1. The first-order chi connectivity index (χ1) is 16.0. The SMILES string of the molecule is CCc1cc(OCC(=O)NCc2ccc(OC)cc2)nc2c1c(C)nn2-c1ccc(C)cc1. The number of aryl methyl sites for hydroxylation is 3. The molecule has 0 bridgehead atoms. The Morgan fingerprint density at radius 1 is 1.06 bits per heavy atom. The van der Waals surface area contributed by atoms with Gasteiger partial charge in [-0.3, -0.25) is 4.79 Å². The fourth-order valence-electron chi connectivity index (χ4n) is 3.71. The molecule has 2 aromatic heterocycles. The monoisotopic (exact) mass is 444 g/mol. The maximum absolute atomic E-state index is 12.3. The lowest BCUT2D eigenvalue weighted by Gasteiger charge is -2.10. The second-order valence-electron chi connectivity index (χ2n) is 7.92. The van der Waals surface area contributed by atoms with Gasteiger partial charge in [-0.15, -0.1) is 0 Å². The normalized spacial score (nSPS) is 10.9. The van der Waals surface area contributed by atoms with Crippen molar-refractivity contribution in [1.29, 1.82) is 0 Å². The van der Waals surface area contributed by atoms with Crippen molar-refractivity contribution in [3.05, 3.63) is 77.0 Å². The predicted octanol–water partition coefficient (Wildman–Crippen LogP) is 4.30. The van der Waals surface area contributed by atoms with Crippen LogP contribution in [0.25, 0.3) is 16.7 Å². The number of fused-ring (bicyclic) bond motifs is 1. The fraction of sp³-hybridized carbons (Fsp3) is 0.269. The molecule has 0 spiro atoms. The van der Waals surface area contributed by atoms with E-state index in [2.05, 4.69) is 19.2 Å². The Morgan fingerprint density at radius 3 is 2.45 bits per heavy atom. The third kappa shape index (κ3) is 4.98. The van der Waals surface area contributed by atoms with E-state index in [-0.39, 0.29) is 12.5 Å². The van der Waals surface area contributed by atoms with Gasteiger partial charge >= 0.3 is 0 Å². The summed E-state index contributed by atoms with van der Waals surface area (Å²) in [6, 6.07) is 17.6.